The molecular weight excluding hydrogens is 306 g/mol. The van der Waals surface area contributed by atoms with E-state index in [1.54, 1.807) is 44.5 Å². The SMILES string of the molecule is COc1ccc(C(=O)NCc2nn(C)c(=O)c3ccccc23)cc1. The van der Waals surface area contributed by atoms with Crippen LogP contribution < -0.4 is 15.6 Å². The lowest BCUT2D eigenvalue weighted by molar-refractivity contribution is 0.0950. The first-order chi connectivity index (χ1) is 11.6. The van der Waals surface area contributed by atoms with Gasteiger partial charge in [0.05, 0.1) is 24.7 Å². The number of benzene rings is 2. The minimum absolute atomic E-state index is 0.157. The Balaban J connectivity index is 1.84. The van der Waals surface area contributed by atoms with Gasteiger partial charge in [-0.1, -0.05) is 18.2 Å². The first-order valence-electron chi connectivity index (χ1n) is 7.47. The highest BCUT2D eigenvalue weighted by Gasteiger charge is 2.10. The molecule has 6 nitrogen and oxygen atoms in total. The summed E-state index contributed by atoms with van der Waals surface area (Å²) < 4.78 is 6.37. The van der Waals surface area contributed by atoms with Gasteiger partial charge in [-0.2, -0.15) is 5.10 Å². The smallest absolute Gasteiger partial charge is 0.274 e. The largest absolute Gasteiger partial charge is 0.497 e. The molecule has 3 rings (SSSR count). The Morgan fingerprint density at radius 1 is 1.12 bits per heavy atom. The van der Waals surface area contributed by atoms with Crippen LogP contribution in [0, 0.1) is 0 Å². The van der Waals surface area contributed by atoms with Crippen molar-refractivity contribution in [2.45, 2.75) is 6.54 Å². The molecule has 0 saturated carbocycles. The number of aryl methyl sites for hydroxylation is 1. The van der Waals surface area contributed by atoms with Gasteiger partial charge in [-0.3, -0.25) is 9.59 Å². The molecule has 3 aromatic rings. The van der Waals surface area contributed by atoms with Crippen molar-refractivity contribution in [2.24, 2.45) is 7.05 Å². The number of nitrogens with one attached hydrogen (secondary N) is 1. The number of aromatic nitrogens is 2. The molecule has 6 heteroatoms. The van der Waals surface area contributed by atoms with E-state index in [4.69, 9.17) is 4.74 Å². The molecule has 1 N–H and O–H groups in total. The monoisotopic (exact) mass is 323 g/mol. The molecule has 1 heterocycles. The minimum atomic E-state index is -0.211. The molecule has 24 heavy (non-hydrogen) atoms. The second kappa shape index (κ2) is 6.54. The third kappa shape index (κ3) is 2.99. The van der Waals surface area contributed by atoms with Gasteiger partial charge in [-0.15, -0.1) is 0 Å². The molecule has 0 aliphatic heterocycles. The van der Waals surface area contributed by atoms with Crippen LogP contribution in [0.25, 0.3) is 10.8 Å². The van der Waals surface area contributed by atoms with E-state index in [0.29, 0.717) is 22.4 Å². The third-order valence-corrected chi connectivity index (χ3v) is 3.80. The summed E-state index contributed by atoms with van der Waals surface area (Å²) in [5.41, 5.74) is 1.02. The van der Waals surface area contributed by atoms with Crippen molar-refractivity contribution in [3.8, 4) is 5.75 Å². The average Bonchev–Trinajstić information content (AvgIpc) is 2.63. The number of ether oxygens (including phenoxy) is 1. The fraction of sp³-hybridized carbons (Fsp3) is 0.167. The van der Waals surface area contributed by atoms with Gasteiger partial charge in [0.2, 0.25) is 0 Å². The minimum Gasteiger partial charge on any atom is -0.497 e. The summed E-state index contributed by atoms with van der Waals surface area (Å²) in [6.45, 7) is 0.236. The van der Waals surface area contributed by atoms with Crippen LogP contribution >= 0.6 is 0 Å². The van der Waals surface area contributed by atoms with E-state index in [9.17, 15) is 9.59 Å². The Bertz CT molecular complexity index is 946. The maximum absolute atomic E-state index is 12.3. The van der Waals surface area contributed by atoms with Crippen LogP contribution in [0.4, 0.5) is 0 Å². The van der Waals surface area contributed by atoms with E-state index in [-0.39, 0.29) is 18.0 Å². The summed E-state index contributed by atoms with van der Waals surface area (Å²) in [4.78, 5) is 24.4. The lowest BCUT2D eigenvalue weighted by Gasteiger charge is -2.09. The molecule has 0 radical (unpaired) electrons. The van der Waals surface area contributed by atoms with E-state index in [1.807, 2.05) is 18.2 Å². The van der Waals surface area contributed by atoms with Crippen LogP contribution in [-0.2, 0) is 13.6 Å². The Labute approximate surface area is 138 Å². The van der Waals surface area contributed by atoms with Crippen molar-refractivity contribution >= 4 is 16.7 Å². The van der Waals surface area contributed by atoms with E-state index in [0.717, 1.165) is 5.39 Å². The normalized spacial score (nSPS) is 10.6. The van der Waals surface area contributed by atoms with E-state index in [2.05, 4.69) is 10.4 Å². The lowest BCUT2D eigenvalue weighted by Crippen LogP contribution is -2.27. The lowest BCUT2D eigenvalue weighted by atomic mass is 10.1. The average molecular weight is 323 g/mol. The zero-order valence-electron chi connectivity index (χ0n) is 13.4. The molecule has 0 aliphatic carbocycles. The number of hydrogen-bond donors (Lipinski definition) is 1. The number of carbonyl (C=O) groups excluding carboxylic acids is 1. The molecule has 0 spiro atoms. The zero-order chi connectivity index (χ0) is 17.1. The summed E-state index contributed by atoms with van der Waals surface area (Å²) in [5, 5.41) is 8.43. The number of fused-ring (bicyclic) bond motifs is 1. The molecule has 0 saturated heterocycles. The number of nitrogens with zero attached hydrogens (tertiary/aromatic N) is 2. The van der Waals surface area contributed by atoms with Gasteiger partial charge in [0, 0.05) is 18.0 Å². The van der Waals surface area contributed by atoms with Gasteiger partial charge in [0.25, 0.3) is 11.5 Å². The Morgan fingerprint density at radius 2 is 1.79 bits per heavy atom. The predicted octanol–water partition coefficient (Wildman–Crippen LogP) is 1.87. The first kappa shape index (κ1) is 15.7. The highest BCUT2D eigenvalue weighted by molar-refractivity contribution is 5.94. The predicted molar refractivity (Wildman–Crippen MR) is 91.1 cm³/mol. The molecule has 0 bridgehead atoms. The van der Waals surface area contributed by atoms with Crippen LogP contribution in [0.1, 0.15) is 16.1 Å². The van der Waals surface area contributed by atoms with Crippen molar-refractivity contribution in [1.29, 1.82) is 0 Å². The molecular formula is C18H17N3O3. The van der Waals surface area contributed by atoms with E-state index >= 15 is 0 Å². The Hall–Kier alpha value is -3.15. The highest BCUT2D eigenvalue weighted by atomic mass is 16.5. The van der Waals surface area contributed by atoms with Crippen molar-refractivity contribution in [2.75, 3.05) is 7.11 Å². The molecule has 122 valence electrons. The number of carbonyl (C=O) groups is 1. The van der Waals surface area contributed by atoms with Gasteiger partial charge in [0.15, 0.2) is 0 Å². The molecule has 1 amide bonds. The van der Waals surface area contributed by atoms with Crippen LogP contribution in [0.15, 0.2) is 53.3 Å². The number of methoxy groups -OCH3 is 1. The van der Waals surface area contributed by atoms with Crippen molar-refractivity contribution in [3.63, 3.8) is 0 Å². The number of amides is 1. The quantitative estimate of drug-likeness (QED) is 0.795. The summed E-state index contributed by atoms with van der Waals surface area (Å²) in [5.74, 6) is 0.481. The standard InChI is InChI=1S/C18H17N3O3/c1-21-18(23)15-6-4-3-5-14(15)16(20-21)11-19-17(22)12-7-9-13(24-2)10-8-12/h3-10H,11H2,1-2H3,(H,19,22). The summed E-state index contributed by atoms with van der Waals surface area (Å²) in [7, 11) is 3.18. The Kier molecular flexibility index (Phi) is 4.29. The summed E-state index contributed by atoms with van der Waals surface area (Å²) >= 11 is 0. The highest BCUT2D eigenvalue weighted by Crippen LogP contribution is 2.14. The second-order valence-electron chi connectivity index (χ2n) is 5.33. The topological polar surface area (TPSA) is 73.2 Å². The first-order valence-corrected chi connectivity index (χ1v) is 7.47. The van der Waals surface area contributed by atoms with Gasteiger partial charge in [-0.25, -0.2) is 4.68 Å². The van der Waals surface area contributed by atoms with Gasteiger partial charge < -0.3 is 10.1 Å². The molecule has 0 fully saturated rings. The van der Waals surface area contributed by atoms with Crippen molar-refractivity contribution in [1.82, 2.24) is 15.1 Å². The van der Waals surface area contributed by atoms with Crippen LogP contribution in [-0.4, -0.2) is 22.8 Å². The fourth-order valence-electron chi connectivity index (χ4n) is 2.51. The molecule has 1 aromatic heterocycles. The van der Waals surface area contributed by atoms with Crippen LogP contribution in [0.2, 0.25) is 0 Å². The van der Waals surface area contributed by atoms with Crippen LogP contribution in [0.3, 0.4) is 0 Å². The molecule has 0 aliphatic rings. The maximum atomic E-state index is 12.3. The fourth-order valence-corrected chi connectivity index (χ4v) is 2.51. The summed E-state index contributed by atoms with van der Waals surface area (Å²) in [6, 6.07) is 14.1. The van der Waals surface area contributed by atoms with E-state index in [1.165, 1.54) is 4.68 Å². The second-order valence-corrected chi connectivity index (χ2v) is 5.33. The van der Waals surface area contributed by atoms with E-state index < -0.39 is 0 Å². The Morgan fingerprint density at radius 3 is 2.46 bits per heavy atom. The molecule has 2 aromatic carbocycles. The maximum Gasteiger partial charge on any atom is 0.274 e. The van der Waals surface area contributed by atoms with Crippen molar-refractivity contribution in [3.05, 3.63) is 70.1 Å². The third-order valence-electron chi connectivity index (χ3n) is 3.80. The van der Waals surface area contributed by atoms with Crippen molar-refractivity contribution < 1.29 is 9.53 Å². The van der Waals surface area contributed by atoms with Crippen LogP contribution in [0.5, 0.6) is 5.75 Å². The number of hydrogen-bond acceptors (Lipinski definition) is 4. The summed E-state index contributed by atoms with van der Waals surface area (Å²) in [6.07, 6.45) is 0. The molecule has 0 atom stereocenters. The van der Waals surface area contributed by atoms with Gasteiger partial charge >= 0.3 is 0 Å². The van der Waals surface area contributed by atoms with Gasteiger partial charge in [0.1, 0.15) is 5.75 Å². The zero-order valence-corrected chi connectivity index (χ0v) is 13.4. The van der Waals surface area contributed by atoms with Gasteiger partial charge in [-0.05, 0) is 30.3 Å². The number of rotatable bonds is 4. The molecule has 0 unspecified atom stereocenters.